The number of nitrogens with one attached hydrogen (secondary N) is 1. The van der Waals surface area contributed by atoms with Gasteiger partial charge in [-0.1, -0.05) is 0 Å². The van der Waals surface area contributed by atoms with Gasteiger partial charge in [0.05, 0.1) is 17.9 Å². The van der Waals surface area contributed by atoms with Gasteiger partial charge in [0.15, 0.2) is 0 Å². The molecule has 0 radical (unpaired) electrons. The fraction of sp³-hybridized carbons (Fsp3) is 0.333. The minimum absolute atomic E-state index is 0.143. The van der Waals surface area contributed by atoms with Crippen LogP contribution in [0.4, 0.5) is 26.3 Å². The summed E-state index contributed by atoms with van der Waals surface area (Å²) in [6.07, 6.45) is -6.42. The van der Waals surface area contributed by atoms with E-state index < -0.39 is 41.3 Å². The average Bonchev–Trinajstić information content (AvgIpc) is 3.31. The lowest BCUT2D eigenvalue weighted by Gasteiger charge is -2.17. The van der Waals surface area contributed by atoms with Gasteiger partial charge < -0.3 is 10.2 Å². The van der Waals surface area contributed by atoms with Gasteiger partial charge in [0, 0.05) is 31.5 Å². The second-order valence-corrected chi connectivity index (χ2v) is 8.49. The van der Waals surface area contributed by atoms with Crippen molar-refractivity contribution in [1.82, 2.24) is 30.2 Å². The van der Waals surface area contributed by atoms with Crippen molar-refractivity contribution in [1.29, 1.82) is 0 Å². The molecule has 15 heteroatoms. The predicted molar refractivity (Wildman–Crippen MR) is 116 cm³/mol. The molecule has 1 atom stereocenters. The Morgan fingerprint density at radius 2 is 1.61 bits per heavy atom. The number of carbonyl (C=O) groups is 2. The van der Waals surface area contributed by atoms with E-state index in [1.54, 1.807) is 14.0 Å². The quantitative estimate of drug-likeness (QED) is 0.465. The normalized spacial score (nSPS) is 12.8. The molecule has 0 saturated heterocycles. The molecule has 0 aliphatic carbocycles. The molecule has 0 fully saturated rings. The summed E-state index contributed by atoms with van der Waals surface area (Å²) in [6.45, 7) is 3.68. The van der Waals surface area contributed by atoms with Crippen LogP contribution in [0.2, 0.25) is 0 Å². The number of hydrogen-bond acceptors (Lipinski definition) is 7. The zero-order valence-electron chi connectivity index (χ0n) is 18.9. The van der Waals surface area contributed by atoms with Crippen LogP contribution in [0, 0.1) is 0 Å². The molecule has 0 unspecified atom stereocenters. The molecule has 192 valence electrons. The molecule has 0 aliphatic heterocycles. The first-order valence-corrected chi connectivity index (χ1v) is 11.0. The third-order valence-electron chi connectivity index (χ3n) is 4.89. The molecule has 0 saturated carbocycles. The van der Waals surface area contributed by atoms with Crippen molar-refractivity contribution in [2.75, 3.05) is 13.6 Å². The summed E-state index contributed by atoms with van der Waals surface area (Å²) in [5.74, 6) is -1.48. The molecule has 3 rings (SSSR count). The fourth-order valence-electron chi connectivity index (χ4n) is 2.95. The Morgan fingerprint density at radius 1 is 1.03 bits per heavy atom. The largest absolute Gasteiger partial charge is 0.433 e. The van der Waals surface area contributed by atoms with Crippen molar-refractivity contribution < 1.29 is 35.9 Å². The lowest BCUT2D eigenvalue weighted by atomic mass is 10.1. The minimum atomic E-state index is -5.20. The Labute approximate surface area is 204 Å². The molecule has 8 nitrogen and oxygen atoms in total. The zero-order chi connectivity index (χ0) is 26.8. The van der Waals surface area contributed by atoms with Crippen LogP contribution in [-0.4, -0.2) is 50.2 Å². The molecule has 0 bridgehead atoms. The van der Waals surface area contributed by atoms with Gasteiger partial charge in [-0.05, 0) is 26.0 Å². The van der Waals surface area contributed by atoms with Crippen LogP contribution in [0.3, 0.4) is 0 Å². The number of pyridine rings is 1. The summed E-state index contributed by atoms with van der Waals surface area (Å²) in [4.78, 5) is 41.9. The number of halogens is 6. The van der Waals surface area contributed by atoms with E-state index in [1.165, 1.54) is 30.4 Å². The van der Waals surface area contributed by atoms with Gasteiger partial charge in [-0.2, -0.15) is 26.3 Å². The molecule has 36 heavy (non-hydrogen) atoms. The van der Waals surface area contributed by atoms with Crippen LogP contribution in [-0.2, 0) is 12.4 Å². The molecular formula is C21H18F6N6O2S. The average molecular weight is 532 g/mol. The summed E-state index contributed by atoms with van der Waals surface area (Å²) in [5, 5.41) is 2.62. The number of rotatable bonds is 6. The van der Waals surface area contributed by atoms with E-state index in [0.29, 0.717) is 11.4 Å². The third-order valence-corrected chi connectivity index (χ3v) is 5.88. The number of aromatic nitrogens is 4. The highest BCUT2D eigenvalue weighted by molar-refractivity contribution is 7.16. The summed E-state index contributed by atoms with van der Waals surface area (Å²) in [6, 6.07) is -0.533. The van der Waals surface area contributed by atoms with Gasteiger partial charge in [0.1, 0.15) is 27.0 Å². The number of thiazole rings is 1. The Bertz CT molecular complexity index is 1240. The van der Waals surface area contributed by atoms with Crippen LogP contribution in [0.25, 0.3) is 10.7 Å². The number of nitrogens with zero attached hydrogens (tertiary/aromatic N) is 5. The second kappa shape index (κ2) is 10.2. The third kappa shape index (κ3) is 5.95. The second-order valence-electron chi connectivity index (χ2n) is 7.46. The molecule has 1 N–H and O–H groups in total. The fourth-order valence-corrected chi connectivity index (χ4v) is 3.86. The first-order chi connectivity index (χ1) is 16.7. The molecule has 0 spiro atoms. The van der Waals surface area contributed by atoms with E-state index in [9.17, 15) is 35.9 Å². The van der Waals surface area contributed by atoms with E-state index >= 15 is 0 Å². The number of amides is 2. The van der Waals surface area contributed by atoms with E-state index in [1.807, 2.05) is 0 Å². The minimum Gasteiger partial charge on any atom is -0.344 e. The summed E-state index contributed by atoms with van der Waals surface area (Å²) in [5.41, 5.74) is -4.26. The van der Waals surface area contributed by atoms with Crippen LogP contribution in [0.1, 0.15) is 57.0 Å². The monoisotopic (exact) mass is 532 g/mol. The topological polar surface area (TPSA) is 101 Å². The lowest BCUT2D eigenvalue weighted by molar-refractivity contribution is -0.150. The highest BCUT2D eigenvalue weighted by Crippen LogP contribution is 2.34. The van der Waals surface area contributed by atoms with Gasteiger partial charge in [-0.25, -0.2) is 9.97 Å². The maximum Gasteiger partial charge on any atom is 0.433 e. The van der Waals surface area contributed by atoms with E-state index in [4.69, 9.17) is 0 Å². The van der Waals surface area contributed by atoms with Crippen LogP contribution < -0.4 is 5.32 Å². The molecule has 3 aromatic rings. The van der Waals surface area contributed by atoms with Crippen molar-refractivity contribution in [3.63, 3.8) is 0 Å². The maximum absolute atomic E-state index is 13.1. The standard InChI is InChI=1S/C21H18F6N6O2S/c1-4-33(3)19(35)12-9-30-18(36-12)16-15(28-5-6-29-16)10(2)31-17(34)11-7-13(20(22,23)24)32-14(8-11)21(25,26)27/h5-10H,4H2,1-3H3,(H,31,34)/t10-/m0/s1. The Hall–Kier alpha value is -3.62. The van der Waals surface area contributed by atoms with Gasteiger partial charge in [-0.15, -0.1) is 11.3 Å². The van der Waals surface area contributed by atoms with Gasteiger partial charge in [-0.3, -0.25) is 19.6 Å². The smallest absolute Gasteiger partial charge is 0.344 e. The zero-order valence-corrected chi connectivity index (χ0v) is 19.7. The number of hydrogen-bond donors (Lipinski definition) is 1. The van der Waals surface area contributed by atoms with Crippen molar-refractivity contribution in [3.8, 4) is 10.7 Å². The van der Waals surface area contributed by atoms with Crippen molar-refractivity contribution >= 4 is 23.2 Å². The highest BCUT2D eigenvalue weighted by atomic mass is 32.1. The van der Waals surface area contributed by atoms with Crippen LogP contribution in [0.15, 0.2) is 30.7 Å². The molecule has 0 aromatic carbocycles. The molecule has 3 aromatic heterocycles. The Morgan fingerprint density at radius 3 is 2.17 bits per heavy atom. The van der Waals surface area contributed by atoms with Crippen LogP contribution in [0.5, 0.6) is 0 Å². The molecule has 0 aliphatic rings. The van der Waals surface area contributed by atoms with E-state index in [0.717, 1.165) is 11.3 Å². The molecular weight excluding hydrogens is 514 g/mol. The number of alkyl halides is 6. The summed E-state index contributed by atoms with van der Waals surface area (Å²) < 4.78 is 78.5. The Kier molecular flexibility index (Phi) is 7.62. The lowest BCUT2D eigenvalue weighted by Crippen LogP contribution is -2.29. The SMILES string of the molecule is CCN(C)C(=O)c1cnc(-c2nccnc2[C@H](C)NC(=O)c2cc(C(F)(F)F)nc(C(F)(F)F)c2)s1. The van der Waals surface area contributed by atoms with Crippen molar-refractivity contribution in [2.45, 2.75) is 32.2 Å². The maximum atomic E-state index is 13.1. The summed E-state index contributed by atoms with van der Waals surface area (Å²) in [7, 11) is 1.61. The van der Waals surface area contributed by atoms with Crippen molar-refractivity contribution in [3.05, 3.63) is 58.2 Å². The van der Waals surface area contributed by atoms with Crippen LogP contribution >= 0.6 is 11.3 Å². The first-order valence-electron chi connectivity index (χ1n) is 10.2. The first kappa shape index (κ1) is 27.0. The van der Waals surface area contributed by atoms with Crippen molar-refractivity contribution in [2.24, 2.45) is 0 Å². The Balaban J connectivity index is 1.92. The molecule has 3 heterocycles. The van der Waals surface area contributed by atoms with E-state index in [-0.39, 0.29) is 34.4 Å². The van der Waals surface area contributed by atoms with Gasteiger partial charge >= 0.3 is 12.4 Å². The predicted octanol–water partition coefficient (Wildman–Crippen LogP) is 4.62. The highest BCUT2D eigenvalue weighted by Gasteiger charge is 2.39. The molecule has 2 amide bonds. The summed E-state index contributed by atoms with van der Waals surface area (Å²) >= 11 is 1.02. The van der Waals surface area contributed by atoms with Gasteiger partial charge in [0.25, 0.3) is 11.8 Å². The van der Waals surface area contributed by atoms with E-state index in [2.05, 4.69) is 25.3 Å². The number of carbonyl (C=O) groups excluding carboxylic acids is 2. The van der Waals surface area contributed by atoms with Gasteiger partial charge in [0.2, 0.25) is 0 Å².